The van der Waals surface area contributed by atoms with Gasteiger partial charge in [0.1, 0.15) is 5.82 Å². The number of aromatic nitrogens is 1. The molecule has 1 aromatic heterocycles. The lowest BCUT2D eigenvalue weighted by Crippen LogP contribution is -2.41. The molecule has 4 rings (SSSR count). The van der Waals surface area contributed by atoms with Crippen LogP contribution in [-0.2, 0) is 11.3 Å². The summed E-state index contributed by atoms with van der Waals surface area (Å²) in [7, 11) is 0. The molecule has 1 aliphatic heterocycles. The molecule has 5 nitrogen and oxygen atoms in total. The summed E-state index contributed by atoms with van der Waals surface area (Å²) in [5.41, 5.74) is 1.66. The standard InChI is InChI=1S/C22H23ClFN3O2/c1-14-4-2-5-15(26-14)13-25-20(28)16-12-22(16)8-10-27(11-9-22)21(29)19-17(23)6-3-7-18(19)24/h2-7,16H,8-13H2,1H3,(H,25,28). The van der Waals surface area contributed by atoms with Gasteiger partial charge in [0.25, 0.3) is 5.91 Å². The quantitative estimate of drug-likeness (QED) is 0.827. The summed E-state index contributed by atoms with van der Waals surface area (Å²) in [6.45, 7) is 3.35. The number of benzene rings is 1. The molecule has 1 aromatic carbocycles. The SMILES string of the molecule is Cc1cccc(CNC(=O)C2CC23CCN(C(=O)c2c(F)cccc2Cl)CC3)n1. The van der Waals surface area contributed by atoms with Crippen molar-refractivity contribution in [3.8, 4) is 0 Å². The fourth-order valence-electron chi connectivity index (χ4n) is 4.29. The summed E-state index contributed by atoms with van der Waals surface area (Å²) < 4.78 is 14.0. The number of halogens is 2. The third kappa shape index (κ3) is 3.99. The molecule has 1 unspecified atom stereocenters. The largest absolute Gasteiger partial charge is 0.350 e. The van der Waals surface area contributed by atoms with Crippen molar-refractivity contribution in [2.75, 3.05) is 13.1 Å². The molecule has 1 aliphatic carbocycles. The Morgan fingerprint density at radius 1 is 1.24 bits per heavy atom. The van der Waals surface area contributed by atoms with Crippen molar-refractivity contribution >= 4 is 23.4 Å². The van der Waals surface area contributed by atoms with Gasteiger partial charge in [-0.15, -0.1) is 0 Å². The highest BCUT2D eigenvalue weighted by atomic mass is 35.5. The summed E-state index contributed by atoms with van der Waals surface area (Å²) >= 11 is 6.03. The first kappa shape index (κ1) is 19.8. The Kier molecular flexibility index (Phi) is 5.30. The van der Waals surface area contributed by atoms with E-state index in [0.717, 1.165) is 30.7 Å². The van der Waals surface area contributed by atoms with Crippen molar-refractivity contribution in [1.82, 2.24) is 15.2 Å². The van der Waals surface area contributed by atoms with Gasteiger partial charge in [-0.2, -0.15) is 0 Å². The summed E-state index contributed by atoms with van der Waals surface area (Å²) in [4.78, 5) is 31.3. The Morgan fingerprint density at radius 3 is 2.66 bits per heavy atom. The second kappa shape index (κ2) is 7.75. The Morgan fingerprint density at radius 2 is 1.97 bits per heavy atom. The highest BCUT2D eigenvalue weighted by molar-refractivity contribution is 6.33. The fourth-order valence-corrected chi connectivity index (χ4v) is 4.53. The highest BCUT2D eigenvalue weighted by Crippen LogP contribution is 2.59. The van der Waals surface area contributed by atoms with Crippen LogP contribution in [0, 0.1) is 24.1 Å². The number of carbonyl (C=O) groups excluding carboxylic acids is 2. The number of amides is 2. The third-order valence-electron chi connectivity index (χ3n) is 6.12. The lowest BCUT2D eigenvalue weighted by atomic mass is 9.90. The van der Waals surface area contributed by atoms with Crippen molar-refractivity contribution in [3.05, 3.63) is 64.2 Å². The molecule has 1 spiro atoms. The number of pyridine rings is 1. The number of carbonyl (C=O) groups is 2. The van der Waals surface area contributed by atoms with Crippen molar-refractivity contribution in [2.24, 2.45) is 11.3 Å². The van der Waals surface area contributed by atoms with Crippen molar-refractivity contribution in [1.29, 1.82) is 0 Å². The highest BCUT2D eigenvalue weighted by Gasteiger charge is 2.58. The number of hydrogen-bond donors (Lipinski definition) is 1. The fraction of sp³-hybridized carbons (Fsp3) is 0.409. The van der Waals surface area contributed by atoms with Crippen molar-refractivity contribution in [3.63, 3.8) is 0 Å². The zero-order chi connectivity index (χ0) is 20.6. The first-order valence-electron chi connectivity index (χ1n) is 9.83. The molecule has 1 saturated heterocycles. The zero-order valence-electron chi connectivity index (χ0n) is 16.3. The predicted octanol–water partition coefficient (Wildman–Crippen LogP) is 3.74. The van der Waals surface area contributed by atoms with Crippen LogP contribution in [0.4, 0.5) is 4.39 Å². The van der Waals surface area contributed by atoms with Gasteiger partial charge in [-0.25, -0.2) is 4.39 Å². The number of hydrogen-bond acceptors (Lipinski definition) is 3. The maximum atomic E-state index is 14.0. The van der Waals surface area contributed by atoms with E-state index in [1.54, 1.807) is 4.90 Å². The van der Waals surface area contributed by atoms with Crippen LogP contribution in [0.15, 0.2) is 36.4 Å². The minimum Gasteiger partial charge on any atom is -0.350 e. The van der Waals surface area contributed by atoms with E-state index in [4.69, 9.17) is 11.6 Å². The molecule has 2 heterocycles. The predicted molar refractivity (Wildman–Crippen MR) is 108 cm³/mol. The molecule has 152 valence electrons. The van der Waals surface area contributed by atoms with Crippen molar-refractivity contribution < 1.29 is 14.0 Å². The molecule has 1 saturated carbocycles. The van der Waals surface area contributed by atoms with Crippen LogP contribution in [0.2, 0.25) is 5.02 Å². The molecule has 0 radical (unpaired) electrons. The molecule has 1 N–H and O–H groups in total. The number of aryl methyl sites for hydroxylation is 1. The Bertz CT molecular complexity index is 937. The van der Waals surface area contributed by atoms with E-state index < -0.39 is 5.82 Å². The molecule has 2 aromatic rings. The van der Waals surface area contributed by atoms with Gasteiger partial charge in [-0.05, 0) is 55.9 Å². The van der Waals surface area contributed by atoms with E-state index in [9.17, 15) is 14.0 Å². The molecular formula is C22H23ClFN3O2. The summed E-state index contributed by atoms with van der Waals surface area (Å²) in [5.74, 6) is -0.960. The number of rotatable bonds is 4. The molecule has 29 heavy (non-hydrogen) atoms. The van der Waals surface area contributed by atoms with Crippen LogP contribution in [-0.4, -0.2) is 34.8 Å². The van der Waals surface area contributed by atoms with E-state index in [-0.39, 0.29) is 33.7 Å². The molecule has 1 atom stereocenters. The lowest BCUT2D eigenvalue weighted by Gasteiger charge is -2.33. The van der Waals surface area contributed by atoms with Gasteiger partial charge in [0.15, 0.2) is 0 Å². The van der Waals surface area contributed by atoms with Crippen LogP contribution < -0.4 is 5.32 Å². The number of likely N-dealkylation sites (tertiary alicyclic amines) is 1. The Balaban J connectivity index is 1.32. The van der Waals surface area contributed by atoms with Gasteiger partial charge in [0, 0.05) is 24.7 Å². The molecular weight excluding hydrogens is 393 g/mol. The van der Waals surface area contributed by atoms with E-state index in [2.05, 4.69) is 10.3 Å². The maximum Gasteiger partial charge on any atom is 0.258 e. The maximum absolute atomic E-state index is 14.0. The zero-order valence-corrected chi connectivity index (χ0v) is 17.0. The molecule has 0 bridgehead atoms. The molecule has 2 amide bonds. The van der Waals surface area contributed by atoms with Crippen LogP contribution in [0.3, 0.4) is 0 Å². The van der Waals surface area contributed by atoms with E-state index in [0.29, 0.717) is 19.6 Å². The summed E-state index contributed by atoms with van der Waals surface area (Å²) in [5, 5.41) is 3.11. The molecule has 7 heteroatoms. The monoisotopic (exact) mass is 415 g/mol. The van der Waals surface area contributed by atoms with Gasteiger partial charge in [0.2, 0.25) is 5.91 Å². The topological polar surface area (TPSA) is 62.3 Å². The van der Waals surface area contributed by atoms with Crippen LogP contribution in [0.1, 0.15) is 41.0 Å². The smallest absolute Gasteiger partial charge is 0.258 e. The molecule has 2 aliphatic rings. The van der Waals surface area contributed by atoms with Gasteiger partial charge in [-0.1, -0.05) is 23.7 Å². The molecule has 2 fully saturated rings. The summed E-state index contributed by atoms with van der Waals surface area (Å²) in [6.07, 6.45) is 2.32. The van der Waals surface area contributed by atoms with Gasteiger partial charge in [0.05, 0.1) is 22.8 Å². The minimum atomic E-state index is -0.601. The Labute approximate surface area is 174 Å². The van der Waals surface area contributed by atoms with Gasteiger partial charge < -0.3 is 10.2 Å². The van der Waals surface area contributed by atoms with Gasteiger partial charge in [-0.3, -0.25) is 14.6 Å². The van der Waals surface area contributed by atoms with E-state index in [1.165, 1.54) is 18.2 Å². The first-order valence-corrected chi connectivity index (χ1v) is 10.2. The number of nitrogens with zero attached hydrogens (tertiary/aromatic N) is 2. The average Bonchev–Trinajstić information content (AvgIpc) is 3.40. The van der Waals surface area contributed by atoms with Crippen LogP contribution >= 0.6 is 11.6 Å². The van der Waals surface area contributed by atoms with Crippen LogP contribution in [0.5, 0.6) is 0 Å². The van der Waals surface area contributed by atoms with E-state index >= 15 is 0 Å². The lowest BCUT2D eigenvalue weighted by molar-refractivity contribution is -0.123. The summed E-state index contributed by atoms with van der Waals surface area (Å²) in [6, 6.07) is 10.00. The Hall–Kier alpha value is -2.47. The van der Waals surface area contributed by atoms with E-state index in [1.807, 2.05) is 25.1 Å². The minimum absolute atomic E-state index is 0.0263. The first-order chi connectivity index (χ1) is 13.9. The normalized spacial score (nSPS) is 19.8. The van der Waals surface area contributed by atoms with Gasteiger partial charge >= 0.3 is 0 Å². The second-order valence-electron chi connectivity index (χ2n) is 8.00. The van der Waals surface area contributed by atoms with Crippen molar-refractivity contribution in [2.45, 2.75) is 32.7 Å². The number of piperidine rings is 1. The number of nitrogens with one attached hydrogen (secondary N) is 1. The van der Waals surface area contributed by atoms with Crippen LogP contribution in [0.25, 0.3) is 0 Å². The second-order valence-corrected chi connectivity index (χ2v) is 8.40. The average molecular weight is 416 g/mol. The third-order valence-corrected chi connectivity index (χ3v) is 6.43.